The van der Waals surface area contributed by atoms with Crippen LogP contribution in [0.1, 0.15) is 33.1 Å². The molecule has 0 aliphatic carbocycles. The van der Waals surface area contributed by atoms with Gasteiger partial charge in [0.2, 0.25) is 5.91 Å². The molecule has 1 saturated heterocycles. The zero-order valence-electron chi connectivity index (χ0n) is 10.8. The van der Waals surface area contributed by atoms with Gasteiger partial charge in [-0.05, 0) is 39.3 Å². The Balaban J connectivity index is 2.79. The first kappa shape index (κ1) is 13.5. The van der Waals surface area contributed by atoms with Crippen LogP contribution >= 0.6 is 0 Å². The Morgan fingerprint density at radius 3 is 2.75 bits per heavy atom. The van der Waals surface area contributed by atoms with Gasteiger partial charge in [-0.3, -0.25) is 9.69 Å². The van der Waals surface area contributed by atoms with Crippen molar-refractivity contribution in [3.05, 3.63) is 0 Å². The molecule has 1 aliphatic rings. The normalized spacial score (nSPS) is 28.2. The van der Waals surface area contributed by atoms with Crippen LogP contribution in [0.15, 0.2) is 0 Å². The van der Waals surface area contributed by atoms with Crippen LogP contribution in [0.3, 0.4) is 0 Å². The Bertz CT molecular complexity index is 232. The topological polar surface area (TPSA) is 49.6 Å². The maximum atomic E-state index is 12.3. The second-order valence-corrected chi connectivity index (χ2v) is 4.72. The Morgan fingerprint density at radius 2 is 2.19 bits per heavy atom. The molecule has 4 heteroatoms. The van der Waals surface area contributed by atoms with E-state index in [1.54, 1.807) is 0 Å². The monoisotopic (exact) mass is 227 g/mol. The van der Waals surface area contributed by atoms with E-state index >= 15 is 0 Å². The molecule has 0 saturated carbocycles. The molecule has 1 rings (SSSR count). The molecule has 0 aromatic rings. The summed E-state index contributed by atoms with van der Waals surface area (Å²) in [4.78, 5) is 16.4. The average molecular weight is 227 g/mol. The highest BCUT2D eigenvalue weighted by molar-refractivity contribution is 5.82. The summed E-state index contributed by atoms with van der Waals surface area (Å²) >= 11 is 0. The number of hydrogen-bond acceptors (Lipinski definition) is 3. The van der Waals surface area contributed by atoms with Crippen LogP contribution in [0.2, 0.25) is 0 Å². The zero-order chi connectivity index (χ0) is 12.1. The van der Waals surface area contributed by atoms with Gasteiger partial charge in [0.05, 0.1) is 6.04 Å². The summed E-state index contributed by atoms with van der Waals surface area (Å²) in [6.07, 6.45) is 2.92. The van der Waals surface area contributed by atoms with E-state index in [-0.39, 0.29) is 11.9 Å². The molecule has 2 unspecified atom stereocenters. The minimum Gasteiger partial charge on any atom is -0.342 e. The van der Waals surface area contributed by atoms with Crippen molar-refractivity contribution in [1.82, 2.24) is 9.80 Å². The molecule has 2 atom stereocenters. The summed E-state index contributed by atoms with van der Waals surface area (Å²) in [6.45, 7) is 6.86. The van der Waals surface area contributed by atoms with E-state index in [0.29, 0.717) is 12.6 Å². The number of carbonyl (C=O) groups excluding carboxylic acids is 1. The third-order valence-electron chi connectivity index (χ3n) is 3.52. The Hall–Kier alpha value is -0.610. The van der Waals surface area contributed by atoms with Gasteiger partial charge in [0.25, 0.3) is 0 Å². The molecule has 1 amide bonds. The van der Waals surface area contributed by atoms with Crippen LogP contribution in [-0.4, -0.2) is 54.5 Å². The highest BCUT2D eigenvalue weighted by Gasteiger charge is 2.32. The lowest BCUT2D eigenvalue weighted by Gasteiger charge is -2.29. The zero-order valence-corrected chi connectivity index (χ0v) is 10.8. The van der Waals surface area contributed by atoms with Crippen molar-refractivity contribution in [2.24, 2.45) is 5.73 Å². The lowest BCUT2D eigenvalue weighted by molar-refractivity contribution is -0.135. The van der Waals surface area contributed by atoms with Crippen LogP contribution < -0.4 is 5.73 Å². The number of nitrogens with zero attached hydrogens (tertiary/aromatic N) is 2. The lowest BCUT2D eigenvalue weighted by atomic mass is 10.1. The molecule has 1 aliphatic heterocycles. The number of nitrogens with two attached hydrogens (primary N) is 1. The Morgan fingerprint density at radius 1 is 1.50 bits per heavy atom. The minimum atomic E-state index is -0.0000926. The highest BCUT2D eigenvalue weighted by atomic mass is 16.2. The van der Waals surface area contributed by atoms with Crippen LogP contribution in [0.25, 0.3) is 0 Å². The third kappa shape index (κ3) is 2.95. The SMILES string of the molecule is CCCN1CCC(C)N(C)C(=O)C1CCN. The molecule has 0 aromatic carbocycles. The van der Waals surface area contributed by atoms with Crippen molar-refractivity contribution < 1.29 is 4.79 Å². The highest BCUT2D eigenvalue weighted by Crippen LogP contribution is 2.17. The number of amides is 1. The van der Waals surface area contributed by atoms with Gasteiger partial charge in [-0.1, -0.05) is 6.92 Å². The quantitative estimate of drug-likeness (QED) is 0.768. The first-order valence-electron chi connectivity index (χ1n) is 6.32. The Kier molecular flexibility index (Phi) is 5.22. The summed E-state index contributed by atoms with van der Waals surface area (Å²) in [6, 6.07) is 0.342. The van der Waals surface area contributed by atoms with Gasteiger partial charge in [0.15, 0.2) is 0 Å². The van der Waals surface area contributed by atoms with E-state index < -0.39 is 0 Å². The van der Waals surface area contributed by atoms with E-state index in [1.807, 2.05) is 11.9 Å². The van der Waals surface area contributed by atoms with Gasteiger partial charge >= 0.3 is 0 Å². The molecule has 0 radical (unpaired) electrons. The molecule has 0 bridgehead atoms. The van der Waals surface area contributed by atoms with E-state index in [4.69, 9.17) is 5.73 Å². The van der Waals surface area contributed by atoms with Crippen LogP contribution in [-0.2, 0) is 4.79 Å². The molecule has 4 nitrogen and oxygen atoms in total. The van der Waals surface area contributed by atoms with E-state index in [0.717, 1.165) is 32.4 Å². The second-order valence-electron chi connectivity index (χ2n) is 4.72. The van der Waals surface area contributed by atoms with E-state index in [9.17, 15) is 4.79 Å². The third-order valence-corrected chi connectivity index (χ3v) is 3.52. The summed E-state index contributed by atoms with van der Waals surface area (Å²) in [7, 11) is 1.91. The molecule has 0 aromatic heterocycles. The smallest absolute Gasteiger partial charge is 0.239 e. The van der Waals surface area contributed by atoms with Gasteiger partial charge in [-0.15, -0.1) is 0 Å². The van der Waals surface area contributed by atoms with Crippen molar-refractivity contribution in [2.45, 2.75) is 45.2 Å². The van der Waals surface area contributed by atoms with Crippen LogP contribution in [0, 0.1) is 0 Å². The lowest BCUT2D eigenvalue weighted by Crippen LogP contribution is -2.47. The van der Waals surface area contributed by atoms with Crippen LogP contribution in [0.5, 0.6) is 0 Å². The molecule has 1 heterocycles. The number of hydrogen-bond donors (Lipinski definition) is 1. The minimum absolute atomic E-state index is 0.0000926. The average Bonchev–Trinajstić information content (AvgIpc) is 2.37. The molecular formula is C12H25N3O. The predicted molar refractivity (Wildman–Crippen MR) is 66.2 cm³/mol. The number of carbonyl (C=O) groups is 1. The first-order valence-corrected chi connectivity index (χ1v) is 6.32. The van der Waals surface area contributed by atoms with Crippen LogP contribution in [0.4, 0.5) is 0 Å². The molecule has 16 heavy (non-hydrogen) atoms. The maximum absolute atomic E-state index is 12.3. The van der Waals surface area contributed by atoms with Crippen molar-refractivity contribution in [3.8, 4) is 0 Å². The van der Waals surface area contributed by atoms with Gasteiger partial charge in [-0.25, -0.2) is 0 Å². The van der Waals surface area contributed by atoms with Gasteiger partial charge in [-0.2, -0.15) is 0 Å². The number of likely N-dealkylation sites (N-methyl/N-ethyl adjacent to an activating group) is 1. The van der Waals surface area contributed by atoms with E-state index in [1.165, 1.54) is 0 Å². The van der Waals surface area contributed by atoms with Gasteiger partial charge < -0.3 is 10.6 Å². The molecule has 2 N–H and O–H groups in total. The van der Waals surface area contributed by atoms with Gasteiger partial charge in [0.1, 0.15) is 0 Å². The molecule has 0 spiro atoms. The number of rotatable bonds is 4. The molecular weight excluding hydrogens is 202 g/mol. The maximum Gasteiger partial charge on any atom is 0.239 e. The Labute approximate surface area is 98.8 Å². The van der Waals surface area contributed by atoms with E-state index in [2.05, 4.69) is 18.7 Å². The summed E-state index contributed by atoms with van der Waals surface area (Å²) in [5.41, 5.74) is 5.61. The van der Waals surface area contributed by atoms with Gasteiger partial charge in [0, 0.05) is 19.6 Å². The fourth-order valence-corrected chi connectivity index (χ4v) is 2.33. The van der Waals surface area contributed by atoms with Crippen molar-refractivity contribution in [2.75, 3.05) is 26.7 Å². The fraction of sp³-hybridized carbons (Fsp3) is 0.917. The molecule has 94 valence electrons. The van der Waals surface area contributed by atoms with Crippen molar-refractivity contribution >= 4 is 5.91 Å². The summed E-state index contributed by atoms with van der Waals surface area (Å²) in [5, 5.41) is 0. The summed E-state index contributed by atoms with van der Waals surface area (Å²) < 4.78 is 0. The molecule has 1 fully saturated rings. The predicted octanol–water partition coefficient (Wildman–Crippen LogP) is 0.666. The van der Waals surface area contributed by atoms with Crippen molar-refractivity contribution in [3.63, 3.8) is 0 Å². The largest absolute Gasteiger partial charge is 0.342 e. The fourth-order valence-electron chi connectivity index (χ4n) is 2.33. The first-order chi connectivity index (χ1) is 7.61. The van der Waals surface area contributed by atoms with Crippen molar-refractivity contribution in [1.29, 1.82) is 0 Å². The second kappa shape index (κ2) is 6.21. The standard InChI is InChI=1S/C12H25N3O/c1-4-8-15-9-6-10(2)14(3)12(16)11(15)5-7-13/h10-11H,4-9,13H2,1-3H3. The summed E-state index contributed by atoms with van der Waals surface area (Å²) in [5.74, 6) is 0.240.